The van der Waals surface area contributed by atoms with E-state index in [4.69, 9.17) is 10.5 Å². The molecule has 132 valence electrons. The van der Waals surface area contributed by atoms with Crippen LogP contribution in [0.25, 0.3) is 0 Å². The zero-order valence-electron chi connectivity index (χ0n) is 15.1. The molecule has 0 aliphatic carbocycles. The summed E-state index contributed by atoms with van der Waals surface area (Å²) in [6, 6.07) is 0. The molecule has 0 atom stereocenters. The Labute approximate surface area is 138 Å². The van der Waals surface area contributed by atoms with Gasteiger partial charge in [0.1, 0.15) is 0 Å². The molecule has 0 saturated carbocycles. The number of primary amides is 1. The van der Waals surface area contributed by atoms with E-state index in [1.165, 1.54) is 77.0 Å². The number of hydrogen-bond acceptors (Lipinski definition) is 2. The van der Waals surface area contributed by atoms with E-state index >= 15 is 0 Å². The highest BCUT2D eigenvalue weighted by Gasteiger charge is 1.96. The predicted octanol–water partition coefficient (Wildman–Crippen LogP) is 6.20. The van der Waals surface area contributed by atoms with Gasteiger partial charge in [-0.1, -0.05) is 97.3 Å². The van der Waals surface area contributed by atoms with E-state index in [1.807, 2.05) is 0 Å². The summed E-state index contributed by atoms with van der Waals surface area (Å²) in [6.45, 7) is 5.11. The lowest BCUT2D eigenvalue weighted by atomic mass is 10.0. The maximum atomic E-state index is 10.4. The first-order valence-corrected chi connectivity index (χ1v) is 9.55. The van der Waals surface area contributed by atoms with Gasteiger partial charge in [0.15, 0.2) is 0 Å². The number of ether oxygens (including phenoxy) is 1. The molecule has 3 heteroatoms. The fraction of sp³-hybridized carbons (Fsp3) is 0.947. The molecule has 2 N–H and O–H groups in total. The molecule has 3 nitrogen and oxygen atoms in total. The van der Waals surface area contributed by atoms with Crippen molar-refractivity contribution in [1.82, 2.24) is 0 Å². The normalized spacial score (nSPS) is 11.0. The molecule has 0 fully saturated rings. The topological polar surface area (TPSA) is 52.3 Å². The van der Waals surface area contributed by atoms with E-state index in [1.54, 1.807) is 0 Å². The van der Waals surface area contributed by atoms with Crippen LogP contribution in [-0.4, -0.2) is 12.7 Å². The zero-order valence-corrected chi connectivity index (χ0v) is 15.1. The molecular weight excluding hydrogens is 274 g/mol. The minimum atomic E-state index is -0.653. The second-order valence-electron chi connectivity index (χ2n) is 6.95. The van der Waals surface area contributed by atoms with Gasteiger partial charge >= 0.3 is 6.09 Å². The Morgan fingerprint density at radius 3 is 1.45 bits per heavy atom. The molecule has 0 aromatic heterocycles. The summed E-state index contributed by atoms with van der Waals surface area (Å²) in [4.78, 5) is 10.4. The lowest BCUT2D eigenvalue weighted by molar-refractivity contribution is 0.154. The highest BCUT2D eigenvalue weighted by atomic mass is 16.5. The largest absolute Gasteiger partial charge is 0.450 e. The van der Waals surface area contributed by atoms with Crippen LogP contribution in [0.4, 0.5) is 4.79 Å². The smallest absolute Gasteiger partial charge is 0.404 e. The van der Waals surface area contributed by atoms with E-state index in [0.717, 1.165) is 18.8 Å². The Morgan fingerprint density at radius 2 is 1.09 bits per heavy atom. The molecule has 0 spiro atoms. The second-order valence-corrected chi connectivity index (χ2v) is 6.95. The number of carbonyl (C=O) groups is 1. The van der Waals surface area contributed by atoms with E-state index in [0.29, 0.717) is 6.61 Å². The van der Waals surface area contributed by atoms with E-state index in [9.17, 15) is 4.79 Å². The summed E-state index contributed by atoms with van der Waals surface area (Å²) < 4.78 is 4.70. The van der Waals surface area contributed by atoms with Gasteiger partial charge in [0.25, 0.3) is 0 Å². The third-order valence-electron chi connectivity index (χ3n) is 4.17. The SMILES string of the molecule is CC(C)CCCCCCCCCCCCCCCOC(N)=O. The summed E-state index contributed by atoms with van der Waals surface area (Å²) in [7, 11) is 0. The second kappa shape index (κ2) is 16.6. The van der Waals surface area contributed by atoms with Crippen molar-refractivity contribution in [3.8, 4) is 0 Å². The third-order valence-corrected chi connectivity index (χ3v) is 4.17. The van der Waals surface area contributed by atoms with Crippen LogP contribution in [-0.2, 0) is 4.74 Å². The van der Waals surface area contributed by atoms with Crippen molar-refractivity contribution in [3.05, 3.63) is 0 Å². The highest BCUT2D eigenvalue weighted by Crippen LogP contribution is 2.14. The fourth-order valence-corrected chi connectivity index (χ4v) is 2.77. The van der Waals surface area contributed by atoms with Crippen LogP contribution < -0.4 is 5.73 Å². The molecule has 0 rings (SSSR count). The number of unbranched alkanes of at least 4 members (excludes halogenated alkanes) is 12. The van der Waals surface area contributed by atoms with Gasteiger partial charge in [0.05, 0.1) is 6.61 Å². The molecule has 0 heterocycles. The zero-order chi connectivity index (χ0) is 16.5. The molecule has 0 aliphatic rings. The number of rotatable bonds is 16. The van der Waals surface area contributed by atoms with E-state index in [2.05, 4.69) is 13.8 Å². The van der Waals surface area contributed by atoms with Gasteiger partial charge in [0.2, 0.25) is 0 Å². The summed E-state index contributed by atoms with van der Waals surface area (Å²) in [5, 5.41) is 0. The highest BCUT2D eigenvalue weighted by molar-refractivity contribution is 5.64. The van der Waals surface area contributed by atoms with Crippen molar-refractivity contribution < 1.29 is 9.53 Å². The van der Waals surface area contributed by atoms with Crippen LogP contribution >= 0.6 is 0 Å². The molecule has 0 radical (unpaired) electrons. The molecule has 0 bridgehead atoms. The number of amides is 1. The molecular formula is C19H39NO2. The van der Waals surface area contributed by atoms with Gasteiger partial charge in [-0.25, -0.2) is 4.79 Å². The van der Waals surface area contributed by atoms with Gasteiger partial charge in [-0.15, -0.1) is 0 Å². The molecule has 1 amide bonds. The summed E-state index contributed by atoms with van der Waals surface area (Å²) in [6.07, 6.45) is 18.1. The molecule has 0 aromatic carbocycles. The third kappa shape index (κ3) is 19.3. The van der Waals surface area contributed by atoms with Gasteiger partial charge < -0.3 is 10.5 Å². The van der Waals surface area contributed by atoms with Crippen molar-refractivity contribution in [2.75, 3.05) is 6.61 Å². The summed E-state index contributed by atoms with van der Waals surface area (Å²) in [5.41, 5.74) is 4.90. The Kier molecular flexibility index (Phi) is 16.1. The van der Waals surface area contributed by atoms with Gasteiger partial charge in [-0.05, 0) is 12.3 Å². The minimum Gasteiger partial charge on any atom is -0.450 e. The first-order valence-electron chi connectivity index (χ1n) is 9.55. The van der Waals surface area contributed by atoms with Gasteiger partial charge in [0, 0.05) is 0 Å². The van der Waals surface area contributed by atoms with Crippen LogP contribution in [0.5, 0.6) is 0 Å². The first-order chi connectivity index (χ1) is 10.6. The van der Waals surface area contributed by atoms with Crippen LogP contribution in [0.1, 0.15) is 104 Å². The van der Waals surface area contributed by atoms with Crippen molar-refractivity contribution in [2.45, 2.75) is 104 Å². The molecule has 0 aliphatic heterocycles. The van der Waals surface area contributed by atoms with Crippen LogP contribution in [0.2, 0.25) is 0 Å². The lowest BCUT2D eigenvalue weighted by Gasteiger charge is -2.05. The fourth-order valence-electron chi connectivity index (χ4n) is 2.77. The summed E-state index contributed by atoms with van der Waals surface area (Å²) in [5.74, 6) is 0.871. The Morgan fingerprint density at radius 1 is 0.727 bits per heavy atom. The molecule has 0 unspecified atom stereocenters. The predicted molar refractivity (Wildman–Crippen MR) is 95.0 cm³/mol. The van der Waals surface area contributed by atoms with Crippen LogP contribution in [0, 0.1) is 5.92 Å². The first kappa shape index (κ1) is 21.3. The lowest BCUT2D eigenvalue weighted by Crippen LogP contribution is -2.13. The maximum absolute atomic E-state index is 10.4. The van der Waals surface area contributed by atoms with Crippen molar-refractivity contribution in [1.29, 1.82) is 0 Å². The monoisotopic (exact) mass is 313 g/mol. The van der Waals surface area contributed by atoms with E-state index < -0.39 is 6.09 Å². The van der Waals surface area contributed by atoms with Crippen molar-refractivity contribution in [2.24, 2.45) is 11.7 Å². The number of carbonyl (C=O) groups excluding carboxylic acids is 1. The minimum absolute atomic E-state index is 0.479. The van der Waals surface area contributed by atoms with Crippen LogP contribution in [0.3, 0.4) is 0 Å². The van der Waals surface area contributed by atoms with Crippen LogP contribution in [0.15, 0.2) is 0 Å². The van der Waals surface area contributed by atoms with Crippen molar-refractivity contribution >= 4 is 6.09 Å². The van der Waals surface area contributed by atoms with Gasteiger partial charge in [-0.3, -0.25) is 0 Å². The van der Waals surface area contributed by atoms with Gasteiger partial charge in [-0.2, -0.15) is 0 Å². The standard InChI is InChI=1S/C19H39NO2/c1-18(2)16-14-12-10-8-6-4-3-5-7-9-11-13-15-17-22-19(20)21/h18H,3-17H2,1-2H3,(H2,20,21). The quantitative estimate of drug-likeness (QED) is 0.345. The Balaban J connectivity index is 2.98. The molecule has 0 aromatic rings. The Hall–Kier alpha value is -0.730. The van der Waals surface area contributed by atoms with E-state index in [-0.39, 0.29) is 0 Å². The summed E-state index contributed by atoms with van der Waals surface area (Å²) >= 11 is 0. The molecule has 0 saturated heterocycles. The average Bonchev–Trinajstić information content (AvgIpc) is 2.46. The number of nitrogens with two attached hydrogens (primary N) is 1. The maximum Gasteiger partial charge on any atom is 0.404 e. The van der Waals surface area contributed by atoms with Crippen molar-refractivity contribution in [3.63, 3.8) is 0 Å². The molecule has 22 heavy (non-hydrogen) atoms. The Bertz CT molecular complexity index is 242. The number of hydrogen-bond donors (Lipinski definition) is 1. The average molecular weight is 314 g/mol.